The Hall–Kier alpha value is -2.94. The van der Waals surface area contributed by atoms with E-state index in [0.717, 1.165) is 42.4 Å². The van der Waals surface area contributed by atoms with E-state index in [4.69, 9.17) is 0 Å². The van der Waals surface area contributed by atoms with Crippen LogP contribution in [-0.2, 0) is 4.79 Å². The Labute approximate surface area is 189 Å². The number of piperidine rings is 1. The van der Waals surface area contributed by atoms with Crippen molar-refractivity contribution in [2.45, 2.75) is 32.6 Å². The molecule has 164 valence electrons. The summed E-state index contributed by atoms with van der Waals surface area (Å²) in [6, 6.07) is 9.98. The number of aryl methyl sites for hydroxylation is 1. The highest BCUT2D eigenvalue weighted by molar-refractivity contribution is 9.10. The lowest BCUT2D eigenvalue weighted by Crippen LogP contribution is -2.33. The fourth-order valence-electron chi connectivity index (χ4n) is 3.56. The molecule has 2 aromatic carbocycles. The Morgan fingerprint density at radius 1 is 1.13 bits per heavy atom. The summed E-state index contributed by atoms with van der Waals surface area (Å²) in [7, 11) is 0. The monoisotopic (exact) mass is 488 g/mol. The van der Waals surface area contributed by atoms with E-state index in [2.05, 4.69) is 31.5 Å². The Morgan fingerprint density at radius 3 is 2.58 bits per heavy atom. The molecule has 2 N–H and O–H groups in total. The summed E-state index contributed by atoms with van der Waals surface area (Å²) in [5.41, 5.74) is 2.46. The van der Waals surface area contributed by atoms with Crippen molar-refractivity contribution in [2.24, 2.45) is 0 Å². The number of hydrogen-bond acceptors (Lipinski definition) is 5. The molecule has 3 rings (SSSR count). The summed E-state index contributed by atoms with van der Waals surface area (Å²) in [6.07, 6.45) is 3.27. The van der Waals surface area contributed by atoms with E-state index in [1.54, 1.807) is 6.07 Å². The van der Waals surface area contributed by atoms with E-state index >= 15 is 0 Å². The molecule has 8 nitrogen and oxygen atoms in total. The van der Waals surface area contributed by atoms with Gasteiger partial charge in [0.25, 0.3) is 11.6 Å². The van der Waals surface area contributed by atoms with Gasteiger partial charge in [0.2, 0.25) is 5.91 Å². The summed E-state index contributed by atoms with van der Waals surface area (Å²) in [4.78, 5) is 37.9. The maximum atomic E-state index is 12.8. The van der Waals surface area contributed by atoms with Crippen LogP contribution in [0.1, 0.15) is 41.6 Å². The molecule has 0 saturated carbocycles. The summed E-state index contributed by atoms with van der Waals surface area (Å²) >= 11 is 3.38. The average Bonchev–Trinajstić information content (AvgIpc) is 2.76. The van der Waals surface area contributed by atoms with Gasteiger partial charge in [-0.1, -0.05) is 22.0 Å². The van der Waals surface area contributed by atoms with Gasteiger partial charge in [0.05, 0.1) is 16.2 Å². The SMILES string of the molecule is Cc1ccc(Br)cc1NC(=O)CCNC(=O)c1cc([N+](=O)[O-])ccc1N1CCCCC1. The Kier molecular flexibility index (Phi) is 7.62. The van der Waals surface area contributed by atoms with Crippen molar-refractivity contribution < 1.29 is 14.5 Å². The van der Waals surface area contributed by atoms with Crippen LogP contribution < -0.4 is 15.5 Å². The second kappa shape index (κ2) is 10.4. The number of benzene rings is 2. The first kappa shape index (κ1) is 22.7. The highest BCUT2D eigenvalue weighted by atomic mass is 79.9. The van der Waals surface area contributed by atoms with Crippen LogP contribution in [0.4, 0.5) is 17.1 Å². The molecule has 0 atom stereocenters. The fraction of sp³-hybridized carbons (Fsp3) is 0.364. The molecule has 0 aliphatic carbocycles. The van der Waals surface area contributed by atoms with Crippen LogP contribution in [0.2, 0.25) is 0 Å². The molecule has 1 aliphatic heterocycles. The first-order valence-corrected chi connectivity index (χ1v) is 11.0. The lowest BCUT2D eigenvalue weighted by atomic mass is 10.1. The fourth-order valence-corrected chi connectivity index (χ4v) is 3.92. The number of carbonyl (C=O) groups excluding carboxylic acids is 2. The van der Waals surface area contributed by atoms with Crippen LogP contribution >= 0.6 is 15.9 Å². The van der Waals surface area contributed by atoms with Gasteiger partial charge < -0.3 is 15.5 Å². The van der Waals surface area contributed by atoms with Crippen molar-refractivity contribution in [1.82, 2.24) is 5.32 Å². The molecule has 1 saturated heterocycles. The van der Waals surface area contributed by atoms with Gasteiger partial charge in [0, 0.05) is 48.3 Å². The molecule has 1 aliphatic rings. The zero-order valence-corrected chi connectivity index (χ0v) is 18.9. The second-order valence-electron chi connectivity index (χ2n) is 7.52. The number of anilines is 2. The number of nitro groups is 1. The maximum absolute atomic E-state index is 12.8. The topological polar surface area (TPSA) is 105 Å². The van der Waals surface area contributed by atoms with Crippen LogP contribution in [-0.4, -0.2) is 36.4 Å². The quantitative estimate of drug-likeness (QED) is 0.443. The minimum atomic E-state index is -0.509. The number of rotatable bonds is 7. The molecule has 1 fully saturated rings. The molecule has 9 heteroatoms. The van der Waals surface area contributed by atoms with Gasteiger partial charge in [0.1, 0.15) is 0 Å². The Morgan fingerprint density at radius 2 is 1.87 bits per heavy atom. The van der Waals surface area contributed by atoms with E-state index < -0.39 is 10.8 Å². The zero-order chi connectivity index (χ0) is 22.4. The standard InChI is InChI=1S/C22H25BrN4O4/c1-15-5-6-16(23)13-19(15)25-21(28)9-10-24-22(29)18-14-17(27(30)31)7-8-20(18)26-11-3-2-4-12-26/h5-8,13-14H,2-4,9-12H2,1H3,(H,24,29)(H,25,28). The van der Waals surface area contributed by atoms with Crippen LogP contribution in [0.5, 0.6) is 0 Å². The number of hydrogen-bond donors (Lipinski definition) is 2. The third kappa shape index (κ3) is 6.04. The smallest absolute Gasteiger partial charge is 0.270 e. The molecule has 1 heterocycles. The molecule has 0 aromatic heterocycles. The molecule has 0 spiro atoms. The average molecular weight is 489 g/mol. The molecular weight excluding hydrogens is 464 g/mol. The summed E-state index contributed by atoms with van der Waals surface area (Å²) < 4.78 is 0.859. The number of nitrogens with zero attached hydrogens (tertiary/aromatic N) is 2. The number of non-ortho nitro benzene ring substituents is 1. The summed E-state index contributed by atoms with van der Waals surface area (Å²) in [5, 5.41) is 16.8. The normalized spacial score (nSPS) is 13.5. The number of nitrogens with one attached hydrogen (secondary N) is 2. The van der Waals surface area contributed by atoms with Crippen molar-refractivity contribution in [1.29, 1.82) is 0 Å². The highest BCUT2D eigenvalue weighted by Gasteiger charge is 2.22. The van der Waals surface area contributed by atoms with Gasteiger partial charge in [-0.15, -0.1) is 0 Å². The van der Waals surface area contributed by atoms with E-state index in [9.17, 15) is 19.7 Å². The van der Waals surface area contributed by atoms with E-state index in [1.807, 2.05) is 25.1 Å². The van der Waals surface area contributed by atoms with Crippen molar-refractivity contribution in [3.8, 4) is 0 Å². The highest BCUT2D eigenvalue weighted by Crippen LogP contribution is 2.28. The maximum Gasteiger partial charge on any atom is 0.270 e. The minimum Gasteiger partial charge on any atom is -0.371 e. The van der Waals surface area contributed by atoms with Gasteiger partial charge in [-0.05, 0) is 49.9 Å². The lowest BCUT2D eigenvalue weighted by molar-refractivity contribution is -0.384. The van der Waals surface area contributed by atoms with Crippen LogP contribution in [0, 0.1) is 17.0 Å². The molecule has 2 aromatic rings. The Balaban J connectivity index is 1.65. The van der Waals surface area contributed by atoms with E-state index in [0.29, 0.717) is 11.4 Å². The van der Waals surface area contributed by atoms with Crippen LogP contribution in [0.15, 0.2) is 40.9 Å². The zero-order valence-electron chi connectivity index (χ0n) is 17.3. The van der Waals surface area contributed by atoms with E-state index in [-0.39, 0.29) is 30.1 Å². The molecule has 2 amide bonds. The molecule has 0 radical (unpaired) electrons. The van der Waals surface area contributed by atoms with Crippen molar-refractivity contribution in [3.05, 3.63) is 62.1 Å². The third-order valence-corrected chi connectivity index (χ3v) is 5.74. The minimum absolute atomic E-state index is 0.0890. The number of halogens is 1. The molecule has 31 heavy (non-hydrogen) atoms. The molecule has 0 unspecified atom stereocenters. The molecular formula is C22H25BrN4O4. The number of nitro benzene ring substituents is 1. The van der Waals surface area contributed by atoms with Crippen LogP contribution in [0.25, 0.3) is 0 Å². The van der Waals surface area contributed by atoms with Gasteiger partial charge >= 0.3 is 0 Å². The van der Waals surface area contributed by atoms with Crippen LogP contribution in [0.3, 0.4) is 0 Å². The number of carbonyl (C=O) groups is 2. The number of amides is 2. The first-order valence-electron chi connectivity index (χ1n) is 10.2. The second-order valence-corrected chi connectivity index (χ2v) is 8.44. The molecule has 0 bridgehead atoms. The summed E-state index contributed by atoms with van der Waals surface area (Å²) in [5.74, 6) is -0.646. The largest absolute Gasteiger partial charge is 0.371 e. The summed E-state index contributed by atoms with van der Waals surface area (Å²) in [6.45, 7) is 3.65. The van der Waals surface area contributed by atoms with E-state index in [1.165, 1.54) is 12.1 Å². The predicted octanol–water partition coefficient (Wildman–Crippen LogP) is 4.41. The first-order chi connectivity index (χ1) is 14.8. The third-order valence-electron chi connectivity index (χ3n) is 5.24. The van der Waals surface area contributed by atoms with Crippen molar-refractivity contribution in [3.63, 3.8) is 0 Å². The van der Waals surface area contributed by atoms with Gasteiger partial charge in [-0.3, -0.25) is 19.7 Å². The van der Waals surface area contributed by atoms with Gasteiger partial charge in [-0.2, -0.15) is 0 Å². The van der Waals surface area contributed by atoms with Crippen molar-refractivity contribution in [2.75, 3.05) is 29.9 Å². The lowest BCUT2D eigenvalue weighted by Gasteiger charge is -2.30. The predicted molar refractivity (Wildman–Crippen MR) is 124 cm³/mol. The van der Waals surface area contributed by atoms with Gasteiger partial charge in [0.15, 0.2) is 0 Å². The van der Waals surface area contributed by atoms with Gasteiger partial charge in [-0.25, -0.2) is 0 Å². The Bertz CT molecular complexity index is 989. The van der Waals surface area contributed by atoms with Crippen molar-refractivity contribution >= 4 is 44.8 Å².